The summed E-state index contributed by atoms with van der Waals surface area (Å²) in [7, 11) is 0. The molecule has 2 heterocycles. The van der Waals surface area contributed by atoms with Gasteiger partial charge in [0.15, 0.2) is 0 Å². The molecule has 0 fully saturated rings. The van der Waals surface area contributed by atoms with E-state index in [9.17, 15) is 10.5 Å². The van der Waals surface area contributed by atoms with Crippen molar-refractivity contribution in [3.63, 3.8) is 0 Å². The number of para-hydroxylation sites is 2. The average molecular weight is 612 g/mol. The minimum atomic E-state index is -0.582. The number of rotatable bonds is 2. The van der Waals surface area contributed by atoms with E-state index in [1.807, 2.05) is 36.4 Å². The van der Waals surface area contributed by atoms with Gasteiger partial charge in [0, 0.05) is 5.70 Å². The summed E-state index contributed by atoms with van der Waals surface area (Å²) in [5.41, 5.74) is 17.5. The number of nitriles is 2. The van der Waals surface area contributed by atoms with Crippen molar-refractivity contribution in [1.29, 1.82) is 10.5 Å². The Balaban J connectivity index is 1.38. The zero-order valence-corrected chi connectivity index (χ0v) is 26.2. The summed E-state index contributed by atoms with van der Waals surface area (Å²) >= 11 is 0. The molecular formula is C45H29N3. The monoisotopic (exact) mass is 611 g/mol. The lowest BCUT2D eigenvalue weighted by Gasteiger charge is -2.47. The second-order valence-corrected chi connectivity index (χ2v) is 12.8. The first-order chi connectivity index (χ1) is 23.6. The molecule has 5 aromatic carbocycles. The number of allylic oxidation sites excluding steroid dienone is 7. The number of anilines is 2. The highest BCUT2D eigenvalue weighted by atomic mass is 15.2. The van der Waals surface area contributed by atoms with Crippen molar-refractivity contribution < 1.29 is 0 Å². The second kappa shape index (κ2) is 10.6. The Labute approximate surface area is 280 Å². The molecule has 4 aliphatic rings. The first-order valence-electron chi connectivity index (χ1n) is 16.3. The van der Waals surface area contributed by atoms with Crippen LogP contribution in [0.3, 0.4) is 0 Å². The molecule has 224 valence electrons. The Morgan fingerprint density at radius 1 is 0.646 bits per heavy atom. The van der Waals surface area contributed by atoms with Gasteiger partial charge < -0.3 is 4.90 Å². The van der Waals surface area contributed by atoms with Gasteiger partial charge in [-0.05, 0) is 117 Å². The summed E-state index contributed by atoms with van der Waals surface area (Å²) in [6.45, 7) is 4.55. The van der Waals surface area contributed by atoms with Gasteiger partial charge in [0.05, 0.1) is 40.1 Å². The highest BCUT2D eigenvalue weighted by Gasteiger charge is 2.53. The molecule has 1 spiro atoms. The van der Waals surface area contributed by atoms with Crippen molar-refractivity contribution in [3.8, 4) is 23.3 Å². The van der Waals surface area contributed by atoms with E-state index in [0.717, 1.165) is 52.2 Å². The molecule has 3 nitrogen and oxygen atoms in total. The van der Waals surface area contributed by atoms with Gasteiger partial charge in [-0.25, -0.2) is 0 Å². The van der Waals surface area contributed by atoms with Gasteiger partial charge in [0.2, 0.25) is 0 Å². The smallest absolute Gasteiger partial charge is 0.0991 e. The van der Waals surface area contributed by atoms with Gasteiger partial charge in [-0.1, -0.05) is 104 Å². The molecule has 0 amide bonds. The molecule has 2 aliphatic heterocycles. The minimum absolute atomic E-state index is 0.582. The van der Waals surface area contributed by atoms with Gasteiger partial charge >= 0.3 is 0 Å². The molecule has 1 atom stereocenters. The third-order valence-electron chi connectivity index (χ3n) is 10.4. The molecule has 48 heavy (non-hydrogen) atoms. The lowest BCUT2D eigenvalue weighted by Crippen LogP contribution is -2.38. The minimum Gasteiger partial charge on any atom is -0.310 e. The Hall–Kier alpha value is -6.42. The zero-order chi connectivity index (χ0) is 32.4. The van der Waals surface area contributed by atoms with Gasteiger partial charge in [-0.3, -0.25) is 0 Å². The van der Waals surface area contributed by atoms with E-state index < -0.39 is 5.41 Å². The van der Waals surface area contributed by atoms with E-state index in [1.54, 1.807) is 0 Å². The summed E-state index contributed by atoms with van der Waals surface area (Å²) < 4.78 is 0. The summed E-state index contributed by atoms with van der Waals surface area (Å²) in [6.07, 6.45) is 12.7. The number of nitrogens with zero attached hydrogens (tertiary/aromatic N) is 3. The van der Waals surface area contributed by atoms with Gasteiger partial charge in [-0.2, -0.15) is 10.5 Å². The van der Waals surface area contributed by atoms with Crippen LogP contribution in [0.15, 0.2) is 151 Å². The Kier molecular flexibility index (Phi) is 6.13. The molecule has 9 rings (SSSR count). The molecule has 0 N–H and O–H groups in total. The average Bonchev–Trinajstić information content (AvgIpc) is 3.42. The maximum absolute atomic E-state index is 9.46. The SMILES string of the molecule is C=C1/C=C\C=C/c2cccc3c2N1c1ccccc1C31C2=C(CCC(c3ccc(C#N)cc3)=C2)c2ccc(-c3ccc(C#N)cc3)cc21. The molecule has 0 radical (unpaired) electrons. The summed E-state index contributed by atoms with van der Waals surface area (Å²) in [4.78, 5) is 2.34. The summed E-state index contributed by atoms with van der Waals surface area (Å²) in [5.74, 6) is 0. The van der Waals surface area contributed by atoms with Crippen LogP contribution in [0.2, 0.25) is 0 Å². The highest BCUT2D eigenvalue weighted by Crippen LogP contribution is 2.65. The molecule has 0 saturated carbocycles. The van der Waals surface area contributed by atoms with E-state index in [4.69, 9.17) is 0 Å². The fraction of sp³-hybridized carbons (Fsp3) is 0.0667. The first-order valence-corrected chi connectivity index (χ1v) is 16.3. The van der Waals surface area contributed by atoms with E-state index >= 15 is 0 Å². The Bertz CT molecular complexity index is 2420. The molecule has 2 aliphatic carbocycles. The largest absolute Gasteiger partial charge is 0.310 e. The van der Waals surface area contributed by atoms with Crippen molar-refractivity contribution in [2.75, 3.05) is 4.90 Å². The van der Waals surface area contributed by atoms with Crippen LogP contribution in [0.1, 0.15) is 57.3 Å². The zero-order valence-electron chi connectivity index (χ0n) is 26.2. The number of hydrogen-bond donors (Lipinski definition) is 0. The lowest BCUT2D eigenvalue weighted by atomic mass is 9.62. The van der Waals surface area contributed by atoms with Crippen LogP contribution in [0.5, 0.6) is 0 Å². The van der Waals surface area contributed by atoms with Gasteiger partial charge in [0.25, 0.3) is 0 Å². The maximum atomic E-state index is 9.46. The second-order valence-electron chi connectivity index (χ2n) is 12.8. The maximum Gasteiger partial charge on any atom is 0.0991 e. The predicted molar refractivity (Wildman–Crippen MR) is 194 cm³/mol. The molecule has 0 saturated heterocycles. The van der Waals surface area contributed by atoms with E-state index in [2.05, 4.69) is 127 Å². The number of fused-ring (bicyclic) bond motifs is 8. The highest BCUT2D eigenvalue weighted by molar-refractivity contribution is 5.99. The van der Waals surface area contributed by atoms with E-state index in [-0.39, 0.29) is 0 Å². The summed E-state index contributed by atoms with van der Waals surface area (Å²) in [5, 5.41) is 18.9. The standard InChI is InChI=1S/C45H29N3/c1-29-7-2-3-8-34-9-6-11-40-44(34)48(29)43-12-5-4-10-39(43)45(40)41-25-35(32-17-13-30(27-46)14-18-32)21-23-37(41)38-24-22-36(26-42(38)45)33-19-15-31(28-47)16-20-33/h2-21,23,25-26H,1,22,24H2/b7-2-,8-3-. The van der Waals surface area contributed by atoms with E-state index in [0.29, 0.717) is 11.1 Å². The van der Waals surface area contributed by atoms with E-state index in [1.165, 1.54) is 39.0 Å². The van der Waals surface area contributed by atoms with Crippen LogP contribution in [0.4, 0.5) is 11.4 Å². The van der Waals surface area contributed by atoms with Crippen molar-refractivity contribution in [1.82, 2.24) is 0 Å². The van der Waals surface area contributed by atoms with Gasteiger partial charge in [-0.15, -0.1) is 0 Å². The third-order valence-corrected chi connectivity index (χ3v) is 10.4. The molecule has 3 heteroatoms. The van der Waals surface area contributed by atoms with Crippen LogP contribution in [0.25, 0.3) is 28.3 Å². The van der Waals surface area contributed by atoms with Crippen molar-refractivity contribution >= 4 is 28.6 Å². The molecule has 0 bridgehead atoms. The number of benzene rings is 5. The Morgan fingerprint density at radius 2 is 1.33 bits per heavy atom. The van der Waals surface area contributed by atoms with Crippen molar-refractivity contribution in [3.05, 3.63) is 196 Å². The quantitative estimate of drug-likeness (QED) is 0.200. The lowest BCUT2D eigenvalue weighted by molar-refractivity contribution is 0.740. The number of hydrogen-bond acceptors (Lipinski definition) is 3. The normalized spacial score (nSPS) is 19.5. The van der Waals surface area contributed by atoms with Crippen LogP contribution in [-0.2, 0) is 5.41 Å². The fourth-order valence-corrected chi connectivity index (χ4v) is 8.29. The van der Waals surface area contributed by atoms with Crippen LogP contribution in [0, 0.1) is 22.7 Å². The van der Waals surface area contributed by atoms with Crippen molar-refractivity contribution in [2.24, 2.45) is 0 Å². The molecular weight excluding hydrogens is 583 g/mol. The molecule has 5 aromatic rings. The van der Waals surface area contributed by atoms with Crippen LogP contribution in [-0.4, -0.2) is 0 Å². The van der Waals surface area contributed by atoms with Crippen molar-refractivity contribution in [2.45, 2.75) is 18.3 Å². The summed E-state index contributed by atoms with van der Waals surface area (Å²) in [6, 6.07) is 42.9. The topological polar surface area (TPSA) is 50.8 Å². The predicted octanol–water partition coefficient (Wildman–Crippen LogP) is 10.6. The third kappa shape index (κ3) is 3.86. The van der Waals surface area contributed by atoms with Gasteiger partial charge in [0.1, 0.15) is 0 Å². The molecule has 0 aromatic heterocycles. The fourth-order valence-electron chi connectivity index (χ4n) is 8.29. The first kappa shape index (κ1) is 27.9. The Morgan fingerprint density at radius 3 is 2.10 bits per heavy atom. The van der Waals surface area contributed by atoms with Crippen LogP contribution >= 0.6 is 0 Å². The van der Waals surface area contributed by atoms with Crippen LogP contribution < -0.4 is 4.90 Å². The molecule has 1 unspecified atom stereocenters.